The molecule has 136 valence electrons. The summed E-state index contributed by atoms with van der Waals surface area (Å²) in [5, 5.41) is 11.2. The van der Waals surface area contributed by atoms with Gasteiger partial charge in [0.1, 0.15) is 15.9 Å². The van der Waals surface area contributed by atoms with Gasteiger partial charge in [0.05, 0.1) is 0 Å². The summed E-state index contributed by atoms with van der Waals surface area (Å²) >= 11 is 6.98. The van der Waals surface area contributed by atoms with E-state index >= 15 is 0 Å². The first-order valence-corrected chi connectivity index (χ1v) is 9.45. The van der Waals surface area contributed by atoms with Crippen LogP contribution >= 0.6 is 23.4 Å². The lowest BCUT2D eigenvalue weighted by Crippen LogP contribution is -2.23. The Kier molecular flexibility index (Phi) is 5.44. The lowest BCUT2D eigenvalue weighted by atomic mass is 10.2. The summed E-state index contributed by atoms with van der Waals surface area (Å²) in [7, 11) is 0. The van der Waals surface area contributed by atoms with E-state index < -0.39 is 5.63 Å². The number of hydrogen-bond donors (Lipinski definition) is 1. The molecule has 3 aromatic rings. The minimum absolute atomic E-state index is 0.0239. The minimum atomic E-state index is -0.690. The monoisotopic (exact) mass is 391 g/mol. The summed E-state index contributed by atoms with van der Waals surface area (Å²) in [6.07, 6.45) is 1.78. The van der Waals surface area contributed by atoms with Crippen LogP contribution < -0.4 is 11.2 Å². The Hall–Kier alpha value is -2.18. The molecule has 0 aliphatic heterocycles. The maximum absolute atomic E-state index is 12.9. The highest BCUT2D eigenvalue weighted by atomic mass is 35.5. The molecular formula is C19H18ClNO4S. The highest BCUT2D eigenvalue weighted by Gasteiger charge is 2.20. The molecule has 0 unspecified atom stereocenters. The molecule has 0 aliphatic rings. The maximum atomic E-state index is 12.9. The van der Waals surface area contributed by atoms with Gasteiger partial charge < -0.3 is 14.1 Å². The molecule has 1 N–H and O–H groups in total. The summed E-state index contributed by atoms with van der Waals surface area (Å²) in [6, 6.07) is 8.49. The maximum Gasteiger partial charge on any atom is 0.354 e. The molecule has 26 heavy (non-hydrogen) atoms. The molecule has 0 spiro atoms. The van der Waals surface area contributed by atoms with Gasteiger partial charge in [-0.2, -0.15) is 0 Å². The first-order chi connectivity index (χ1) is 12.4. The molecule has 3 rings (SSSR count). The third-order valence-electron chi connectivity index (χ3n) is 4.06. The van der Waals surface area contributed by atoms with E-state index in [1.807, 2.05) is 6.92 Å². The van der Waals surface area contributed by atoms with Gasteiger partial charge in [0.15, 0.2) is 5.75 Å². The van der Waals surface area contributed by atoms with Gasteiger partial charge in [-0.25, -0.2) is 4.79 Å². The summed E-state index contributed by atoms with van der Waals surface area (Å²) in [5.74, 6) is -0.350. The number of fused-ring (bicyclic) bond motifs is 1. The summed E-state index contributed by atoms with van der Waals surface area (Å²) < 4.78 is 6.91. The largest absolute Gasteiger partial charge is 0.505 e. The predicted molar refractivity (Wildman–Crippen MR) is 104 cm³/mol. The number of nitrogens with zero attached hydrogens (tertiary/aromatic N) is 1. The third kappa shape index (κ3) is 3.52. The van der Waals surface area contributed by atoms with Crippen LogP contribution in [0.2, 0.25) is 5.02 Å². The van der Waals surface area contributed by atoms with Crippen molar-refractivity contribution < 1.29 is 9.52 Å². The van der Waals surface area contributed by atoms with Crippen LogP contribution in [0, 0.1) is 6.92 Å². The van der Waals surface area contributed by atoms with Gasteiger partial charge in [-0.3, -0.25) is 4.79 Å². The number of aromatic hydroxyl groups is 1. The molecule has 0 radical (unpaired) electrons. The predicted octanol–water partition coefficient (Wildman–Crippen LogP) is 4.57. The van der Waals surface area contributed by atoms with Crippen molar-refractivity contribution in [2.45, 2.75) is 43.0 Å². The van der Waals surface area contributed by atoms with Crippen LogP contribution in [0.3, 0.4) is 0 Å². The molecule has 2 aromatic heterocycles. The number of halogens is 1. The molecular weight excluding hydrogens is 374 g/mol. The highest BCUT2D eigenvalue weighted by molar-refractivity contribution is 7.99. The molecule has 0 saturated carbocycles. The van der Waals surface area contributed by atoms with Gasteiger partial charge >= 0.3 is 5.63 Å². The second-order valence-corrected chi connectivity index (χ2v) is 7.48. The number of aromatic nitrogens is 1. The Bertz CT molecular complexity index is 1090. The molecule has 0 aliphatic carbocycles. The van der Waals surface area contributed by atoms with Crippen molar-refractivity contribution in [1.82, 2.24) is 4.57 Å². The number of rotatable bonds is 5. The van der Waals surface area contributed by atoms with E-state index in [0.29, 0.717) is 22.2 Å². The van der Waals surface area contributed by atoms with E-state index in [9.17, 15) is 14.7 Å². The lowest BCUT2D eigenvalue weighted by molar-refractivity contribution is 0.445. The van der Waals surface area contributed by atoms with E-state index in [1.54, 1.807) is 41.8 Å². The molecule has 7 heteroatoms. The van der Waals surface area contributed by atoms with E-state index in [0.717, 1.165) is 24.6 Å². The molecule has 5 nitrogen and oxygen atoms in total. The molecule has 0 atom stereocenters. The van der Waals surface area contributed by atoms with Crippen LogP contribution in [0.25, 0.3) is 11.0 Å². The Labute approximate surface area is 159 Å². The average Bonchev–Trinajstić information content (AvgIpc) is 2.58. The van der Waals surface area contributed by atoms with Crippen LogP contribution in [0.5, 0.6) is 5.75 Å². The van der Waals surface area contributed by atoms with Crippen LogP contribution in [0.15, 0.2) is 54.1 Å². The average molecular weight is 392 g/mol. The van der Waals surface area contributed by atoms with Crippen LogP contribution in [0.4, 0.5) is 0 Å². The van der Waals surface area contributed by atoms with Gasteiger partial charge in [-0.1, -0.05) is 42.8 Å². The van der Waals surface area contributed by atoms with Crippen molar-refractivity contribution in [2.24, 2.45) is 0 Å². The molecule has 0 saturated heterocycles. The van der Waals surface area contributed by atoms with E-state index in [2.05, 4.69) is 0 Å². The van der Waals surface area contributed by atoms with Gasteiger partial charge in [0.2, 0.25) is 0 Å². The van der Waals surface area contributed by atoms with Crippen LogP contribution in [-0.4, -0.2) is 9.67 Å². The molecule has 0 fully saturated rings. The smallest absolute Gasteiger partial charge is 0.354 e. The zero-order chi connectivity index (χ0) is 18.8. The summed E-state index contributed by atoms with van der Waals surface area (Å²) in [4.78, 5) is 25.8. The number of aryl methyl sites for hydroxylation is 1. The number of hydrogen-bond acceptors (Lipinski definition) is 5. The number of unbranched alkanes of at least 4 members (excludes halogenated alkanes) is 1. The Morgan fingerprint density at radius 2 is 2.04 bits per heavy atom. The minimum Gasteiger partial charge on any atom is -0.505 e. The fraction of sp³-hybridized carbons (Fsp3) is 0.263. The second kappa shape index (κ2) is 7.60. The quantitative estimate of drug-likeness (QED) is 0.689. The zero-order valence-electron chi connectivity index (χ0n) is 14.4. The van der Waals surface area contributed by atoms with Gasteiger partial charge in [-0.05, 0) is 31.5 Å². The molecule has 2 heterocycles. The van der Waals surface area contributed by atoms with E-state index in [1.165, 1.54) is 0 Å². The van der Waals surface area contributed by atoms with Crippen molar-refractivity contribution in [3.05, 3.63) is 61.8 Å². The van der Waals surface area contributed by atoms with E-state index in [-0.39, 0.29) is 27.2 Å². The Balaban J connectivity index is 2.19. The lowest BCUT2D eigenvalue weighted by Gasteiger charge is -2.12. The van der Waals surface area contributed by atoms with Gasteiger partial charge in [0.25, 0.3) is 5.56 Å². The molecule has 1 aromatic carbocycles. The first-order valence-electron chi connectivity index (χ1n) is 8.26. The highest BCUT2D eigenvalue weighted by Crippen LogP contribution is 2.36. The topological polar surface area (TPSA) is 72.4 Å². The Morgan fingerprint density at radius 1 is 1.27 bits per heavy atom. The fourth-order valence-corrected chi connectivity index (χ4v) is 3.87. The molecule has 0 amide bonds. The van der Waals surface area contributed by atoms with Gasteiger partial charge in [0, 0.05) is 28.2 Å². The summed E-state index contributed by atoms with van der Waals surface area (Å²) in [5.41, 5.74) is -0.264. The first kappa shape index (κ1) is 18.6. The van der Waals surface area contributed by atoms with E-state index in [4.69, 9.17) is 16.0 Å². The Morgan fingerprint density at radius 3 is 2.73 bits per heavy atom. The van der Waals surface area contributed by atoms with Crippen LogP contribution in [-0.2, 0) is 6.54 Å². The summed E-state index contributed by atoms with van der Waals surface area (Å²) in [6.45, 7) is 4.37. The second-order valence-electron chi connectivity index (χ2n) is 5.96. The standard InChI is InChI=1S/C19H18ClNO4S/c1-3-4-8-21-11(2)9-14-15(18(21)23)16(22)17(19(24)25-14)26-13-7-5-6-12(20)10-13/h5-7,9-10,22H,3-4,8H2,1-2H3. The van der Waals surface area contributed by atoms with Crippen molar-refractivity contribution in [3.8, 4) is 5.75 Å². The number of benzene rings is 1. The SMILES string of the molecule is CCCCn1c(C)cc2oc(=O)c(Sc3cccc(Cl)c3)c(O)c2c1=O. The molecule has 0 bridgehead atoms. The van der Waals surface area contributed by atoms with Crippen molar-refractivity contribution in [3.63, 3.8) is 0 Å². The normalized spacial score (nSPS) is 11.2. The fourth-order valence-electron chi connectivity index (χ4n) is 2.73. The zero-order valence-corrected chi connectivity index (χ0v) is 16.0. The number of pyridine rings is 1. The van der Waals surface area contributed by atoms with Crippen molar-refractivity contribution >= 4 is 34.3 Å². The van der Waals surface area contributed by atoms with Crippen LogP contribution in [0.1, 0.15) is 25.5 Å². The van der Waals surface area contributed by atoms with Crippen molar-refractivity contribution in [2.75, 3.05) is 0 Å². The third-order valence-corrected chi connectivity index (χ3v) is 5.35. The van der Waals surface area contributed by atoms with Crippen molar-refractivity contribution in [1.29, 1.82) is 0 Å². The van der Waals surface area contributed by atoms with Gasteiger partial charge in [-0.15, -0.1) is 0 Å².